The van der Waals surface area contributed by atoms with Crippen molar-refractivity contribution in [3.8, 4) is 5.75 Å². The van der Waals surface area contributed by atoms with Gasteiger partial charge < -0.3 is 9.84 Å². The standard InChI is InChI=1S/C14H22O2/c1-10(2)9-13(15)12-7-5-6-8-14(12)16-11(3)4/h5-8,10-11,13,15H,9H2,1-4H3. The van der Waals surface area contributed by atoms with Gasteiger partial charge in [-0.25, -0.2) is 0 Å². The van der Waals surface area contributed by atoms with Gasteiger partial charge in [0.25, 0.3) is 0 Å². The third-order valence-corrected chi connectivity index (χ3v) is 2.34. The van der Waals surface area contributed by atoms with Gasteiger partial charge in [-0.15, -0.1) is 0 Å². The molecular weight excluding hydrogens is 200 g/mol. The number of ether oxygens (including phenoxy) is 1. The van der Waals surface area contributed by atoms with Gasteiger partial charge in [0.15, 0.2) is 0 Å². The van der Waals surface area contributed by atoms with E-state index in [0.717, 1.165) is 17.7 Å². The van der Waals surface area contributed by atoms with E-state index in [-0.39, 0.29) is 6.10 Å². The normalized spacial score (nSPS) is 13.2. The molecule has 1 atom stereocenters. The SMILES string of the molecule is CC(C)CC(O)c1ccccc1OC(C)C. The summed E-state index contributed by atoms with van der Waals surface area (Å²) in [4.78, 5) is 0. The lowest BCUT2D eigenvalue weighted by atomic mass is 9.99. The van der Waals surface area contributed by atoms with Gasteiger partial charge in [-0.2, -0.15) is 0 Å². The number of aliphatic hydroxyl groups is 1. The molecule has 0 amide bonds. The Bertz CT molecular complexity index is 318. The Morgan fingerprint density at radius 2 is 1.75 bits per heavy atom. The molecule has 1 rings (SSSR count). The quantitative estimate of drug-likeness (QED) is 0.825. The Kier molecular flexibility index (Phi) is 4.81. The average Bonchev–Trinajstić information content (AvgIpc) is 2.16. The topological polar surface area (TPSA) is 29.5 Å². The van der Waals surface area contributed by atoms with Crippen LogP contribution in [-0.2, 0) is 0 Å². The van der Waals surface area contributed by atoms with E-state index in [1.54, 1.807) is 0 Å². The van der Waals surface area contributed by atoms with Crippen LogP contribution in [0.4, 0.5) is 0 Å². The van der Waals surface area contributed by atoms with Crippen LogP contribution in [0.3, 0.4) is 0 Å². The van der Waals surface area contributed by atoms with Crippen molar-refractivity contribution >= 4 is 0 Å². The molecule has 2 nitrogen and oxygen atoms in total. The molecule has 1 aromatic rings. The maximum atomic E-state index is 10.1. The van der Waals surface area contributed by atoms with Gasteiger partial charge >= 0.3 is 0 Å². The van der Waals surface area contributed by atoms with Crippen LogP contribution >= 0.6 is 0 Å². The van der Waals surface area contributed by atoms with Crippen LogP contribution in [0.25, 0.3) is 0 Å². The Morgan fingerprint density at radius 3 is 2.31 bits per heavy atom. The summed E-state index contributed by atoms with van der Waals surface area (Å²) in [5, 5.41) is 10.1. The van der Waals surface area contributed by atoms with Gasteiger partial charge in [-0.3, -0.25) is 0 Å². The van der Waals surface area contributed by atoms with Crippen molar-refractivity contribution in [1.82, 2.24) is 0 Å². The smallest absolute Gasteiger partial charge is 0.125 e. The summed E-state index contributed by atoms with van der Waals surface area (Å²) in [5.41, 5.74) is 0.893. The second-order valence-corrected chi connectivity index (χ2v) is 4.85. The minimum absolute atomic E-state index is 0.132. The fourth-order valence-electron chi connectivity index (χ4n) is 1.69. The molecule has 1 unspecified atom stereocenters. The predicted octanol–water partition coefficient (Wildman–Crippen LogP) is 3.55. The molecule has 0 radical (unpaired) electrons. The monoisotopic (exact) mass is 222 g/mol. The molecule has 0 saturated heterocycles. The number of benzene rings is 1. The lowest BCUT2D eigenvalue weighted by Gasteiger charge is -2.19. The summed E-state index contributed by atoms with van der Waals surface area (Å²) < 4.78 is 5.69. The average molecular weight is 222 g/mol. The highest BCUT2D eigenvalue weighted by molar-refractivity contribution is 5.35. The summed E-state index contributed by atoms with van der Waals surface area (Å²) >= 11 is 0. The first-order chi connectivity index (χ1) is 7.50. The zero-order chi connectivity index (χ0) is 12.1. The highest BCUT2D eigenvalue weighted by Gasteiger charge is 2.14. The number of hydrogen-bond acceptors (Lipinski definition) is 2. The van der Waals surface area contributed by atoms with Gasteiger partial charge in [-0.05, 0) is 32.3 Å². The molecule has 90 valence electrons. The number of hydrogen-bond donors (Lipinski definition) is 1. The van der Waals surface area contributed by atoms with E-state index < -0.39 is 6.10 Å². The van der Waals surface area contributed by atoms with Crippen LogP contribution in [0, 0.1) is 5.92 Å². The van der Waals surface area contributed by atoms with Crippen molar-refractivity contribution in [3.63, 3.8) is 0 Å². The second kappa shape index (κ2) is 5.90. The van der Waals surface area contributed by atoms with Crippen LogP contribution in [-0.4, -0.2) is 11.2 Å². The molecule has 2 heteroatoms. The molecule has 0 heterocycles. The molecule has 0 spiro atoms. The Labute approximate surface area is 98.3 Å². The van der Waals surface area contributed by atoms with Crippen molar-refractivity contribution in [2.24, 2.45) is 5.92 Å². The Balaban J connectivity index is 2.85. The second-order valence-electron chi connectivity index (χ2n) is 4.85. The molecule has 1 aromatic carbocycles. The lowest BCUT2D eigenvalue weighted by molar-refractivity contribution is 0.142. The molecule has 0 aliphatic heterocycles. The van der Waals surface area contributed by atoms with E-state index in [0.29, 0.717) is 5.92 Å². The van der Waals surface area contributed by atoms with Crippen LogP contribution in [0.5, 0.6) is 5.75 Å². The molecule has 16 heavy (non-hydrogen) atoms. The largest absolute Gasteiger partial charge is 0.491 e. The van der Waals surface area contributed by atoms with Crippen molar-refractivity contribution in [1.29, 1.82) is 0 Å². The van der Waals surface area contributed by atoms with Crippen LogP contribution < -0.4 is 4.74 Å². The molecule has 0 saturated carbocycles. The predicted molar refractivity (Wildman–Crippen MR) is 66.6 cm³/mol. The summed E-state index contributed by atoms with van der Waals surface area (Å²) in [6.07, 6.45) is 0.459. The first-order valence-corrected chi connectivity index (χ1v) is 5.94. The van der Waals surface area contributed by atoms with Gasteiger partial charge in [0.2, 0.25) is 0 Å². The van der Waals surface area contributed by atoms with Gasteiger partial charge in [0, 0.05) is 5.56 Å². The van der Waals surface area contributed by atoms with Crippen LogP contribution in [0.2, 0.25) is 0 Å². The summed E-state index contributed by atoms with van der Waals surface area (Å²) in [6.45, 7) is 8.20. The van der Waals surface area contributed by atoms with E-state index in [4.69, 9.17) is 4.74 Å². The molecule has 0 aromatic heterocycles. The summed E-state index contributed by atoms with van der Waals surface area (Å²) in [7, 11) is 0. The molecule has 0 fully saturated rings. The number of rotatable bonds is 5. The zero-order valence-corrected chi connectivity index (χ0v) is 10.6. The third-order valence-electron chi connectivity index (χ3n) is 2.34. The molecular formula is C14H22O2. The van der Waals surface area contributed by atoms with E-state index in [1.807, 2.05) is 38.1 Å². The molecule has 1 N–H and O–H groups in total. The van der Waals surface area contributed by atoms with Crippen LogP contribution in [0.15, 0.2) is 24.3 Å². The number of aliphatic hydroxyl groups excluding tert-OH is 1. The first-order valence-electron chi connectivity index (χ1n) is 5.94. The van der Waals surface area contributed by atoms with Gasteiger partial charge in [0.1, 0.15) is 5.75 Å². The highest BCUT2D eigenvalue weighted by atomic mass is 16.5. The van der Waals surface area contributed by atoms with E-state index in [1.165, 1.54) is 0 Å². The molecule has 0 bridgehead atoms. The molecule has 0 aliphatic carbocycles. The number of para-hydroxylation sites is 1. The maximum Gasteiger partial charge on any atom is 0.125 e. The molecule has 0 aliphatic rings. The van der Waals surface area contributed by atoms with Crippen molar-refractivity contribution in [2.75, 3.05) is 0 Å². The van der Waals surface area contributed by atoms with Gasteiger partial charge in [0.05, 0.1) is 12.2 Å². The van der Waals surface area contributed by atoms with Crippen LogP contribution in [0.1, 0.15) is 45.8 Å². The van der Waals surface area contributed by atoms with Crippen molar-refractivity contribution < 1.29 is 9.84 Å². The Morgan fingerprint density at radius 1 is 1.12 bits per heavy atom. The minimum Gasteiger partial charge on any atom is -0.491 e. The van der Waals surface area contributed by atoms with Crippen molar-refractivity contribution in [2.45, 2.75) is 46.3 Å². The van der Waals surface area contributed by atoms with E-state index in [2.05, 4.69) is 13.8 Å². The zero-order valence-electron chi connectivity index (χ0n) is 10.6. The minimum atomic E-state index is -0.435. The third kappa shape index (κ3) is 3.86. The highest BCUT2D eigenvalue weighted by Crippen LogP contribution is 2.29. The van der Waals surface area contributed by atoms with E-state index >= 15 is 0 Å². The van der Waals surface area contributed by atoms with E-state index in [9.17, 15) is 5.11 Å². The van der Waals surface area contributed by atoms with Crippen molar-refractivity contribution in [3.05, 3.63) is 29.8 Å². The summed E-state index contributed by atoms with van der Waals surface area (Å²) in [5.74, 6) is 1.27. The Hall–Kier alpha value is -1.02. The fourth-order valence-corrected chi connectivity index (χ4v) is 1.69. The maximum absolute atomic E-state index is 10.1. The summed E-state index contributed by atoms with van der Waals surface area (Å²) in [6, 6.07) is 7.72. The lowest BCUT2D eigenvalue weighted by Crippen LogP contribution is -2.10. The van der Waals surface area contributed by atoms with Gasteiger partial charge in [-0.1, -0.05) is 32.0 Å². The fraction of sp³-hybridized carbons (Fsp3) is 0.571. The first kappa shape index (κ1) is 13.0.